The zero-order valence-corrected chi connectivity index (χ0v) is 66.9. The fourth-order valence-electron chi connectivity index (χ4n) is 18.2. The van der Waals surface area contributed by atoms with Crippen molar-refractivity contribution in [2.45, 2.75) is 278 Å². The molecule has 3 amide bonds. The summed E-state index contributed by atoms with van der Waals surface area (Å²) in [5.74, 6) is -1.96. The number of amides is 3. The van der Waals surface area contributed by atoms with Crippen LogP contribution in [0.15, 0.2) is 36.4 Å². The van der Waals surface area contributed by atoms with E-state index in [1.54, 1.807) is 23.8 Å². The molecule has 14 rings (SSSR count). The van der Waals surface area contributed by atoms with Gasteiger partial charge in [-0.2, -0.15) is 0 Å². The number of methoxy groups -OCH3 is 2. The number of carbonyl (C=O) groups is 7. The second-order valence-electron chi connectivity index (χ2n) is 35.8. The predicted molar refractivity (Wildman–Crippen MR) is 410 cm³/mol. The highest BCUT2D eigenvalue weighted by Gasteiger charge is 2.63. The van der Waals surface area contributed by atoms with E-state index in [9.17, 15) is 55.9 Å². The molecule has 111 heavy (non-hydrogen) atoms. The van der Waals surface area contributed by atoms with Crippen molar-refractivity contribution in [1.29, 1.82) is 0 Å². The number of carboxylic acid groups (broad SMARTS) is 1. The highest BCUT2D eigenvalue weighted by atomic mass is 32.2. The predicted octanol–water partition coefficient (Wildman–Crippen LogP) is 12.4. The van der Waals surface area contributed by atoms with Gasteiger partial charge in [0.2, 0.25) is 40.0 Å². The smallest absolute Gasteiger partial charge is 0.329 e. The van der Waals surface area contributed by atoms with Gasteiger partial charge in [-0.1, -0.05) is 88.5 Å². The lowest BCUT2D eigenvalue weighted by Gasteiger charge is -2.36. The summed E-state index contributed by atoms with van der Waals surface area (Å²) in [5, 5.41) is 9.86. The normalized spacial score (nSPS) is 31.7. The average molecular weight is 1570 g/mol. The Kier molecular flexibility index (Phi) is 25.4. The van der Waals surface area contributed by atoms with E-state index in [-0.39, 0.29) is 81.7 Å². The van der Waals surface area contributed by atoms with Crippen molar-refractivity contribution in [3.8, 4) is 23.3 Å². The fourth-order valence-corrected chi connectivity index (χ4v) is 19.6. The van der Waals surface area contributed by atoms with Crippen LogP contribution in [0.4, 0.5) is 8.78 Å². The maximum Gasteiger partial charge on any atom is 0.329 e. The molecule has 2 aromatic carbocycles. The van der Waals surface area contributed by atoms with Crippen molar-refractivity contribution in [3.05, 3.63) is 47.8 Å². The number of alkyl halides is 2. The molecule has 4 N–H and O–H groups in total. The third-order valence-corrected chi connectivity index (χ3v) is 26.7. The van der Waals surface area contributed by atoms with Gasteiger partial charge < -0.3 is 53.8 Å². The number of ether oxygens (including phenoxy) is 7. The number of hydrogen-bond acceptors (Lipinski definition) is 21. The number of fused-ring (bicyclic) bond motifs is 14. The number of nitrogens with two attached hydrogens (primary N) is 1. The van der Waals surface area contributed by atoms with E-state index in [4.69, 9.17) is 58.8 Å². The van der Waals surface area contributed by atoms with Crippen molar-refractivity contribution in [1.82, 2.24) is 34.5 Å². The Balaban J connectivity index is 0.000000182. The molecule has 18 atom stereocenters. The molecular weight excluding hydrogens is 1450 g/mol. The van der Waals surface area contributed by atoms with Crippen LogP contribution >= 0.6 is 0 Å². The minimum absolute atomic E-state index is 0. The molecule has 10 aliphatic rings. The van der Waals surface area contributed by atoms with Crippen molar-refractivity contribution in [3.63, 3.8) is 0 Å². The van der Waals surface area contributed by atoms with E-state index in [0.29, 0.717) is 108 Å². The van der Waals surface area contributed by atoms with E-state index in [1.165, 1.54) is 17.7 Å². The molecular formula is C83H118F2N8O17S. The van der Waals surface area contributed by atoms with Crippen molar-refractivity contribution < 1.29 is 89.0 Å². The molecule has 6 heterocycles. The molecule has 0 unspecified atom stereocenters. The first-order chi connectivity index (χ1) is 51.9. The van der Waals surface area contributed by atoms with E-state index >= 15 is 0 Å². The Bertz CT molecular complexity index is 4220. The van der Waals surface area contributed by atoms with Gasteiger partial charge in [-0.3, -0.25) is 28.7 Å². The Morgan fingerprint density at radius 3 is 1.44 bits per heavy atom. The number of nitrogens with zero attached hydrogens (tertiary/aromatic N) is 6. The third-order valence-electron chi connectivity index (χ3n) is 24.9. The van der Waals surface area contributed by atoms with E-state index in [1.807, 2.05) is 113 Å². The molecule has 8 fully saturated rings. The van der Waals surface area contributed by atoms with Gasteiger partial charge >= 0.3 is 23.9 Å². The number of aryl methyl sites for hydroxylation is 2. The standard InChI is InChI=1S/C39H55N3O7.C35H47N3O7.C8H12F2N2O3S.CH4/c1-9-24-32-21-42(34(24)37(45)49-39(5,6)7)36(44)27(38(2,3)4)20-33(43)47-31-18-22-17-26(22)25(31)13-11-10-12-14-29-35(48-32)41-30-19-23(46-8)15-16-28(30)40-29;1-6-21-29-18-38(31(21)34(41)42)33(40)24(35(2,3)4)17-30(39)44-28-15-19-14-23(19)22(28)10-8-7-9-11-26-32(45-29)37-27-16-20(43-5)12-13-25(27)36-26;9-6(10)5-3-8(5,11)7(13)12-16(14,15)4-1-2-4;/h15-16,19,22,24-27,31-32,34H,9-14,17-18,20-21H2,1-8H3;12-13,16,19,21-24,28-29,31H,6-11,14-15,17-18H2,1-5H3,(H,41,42);4-6H,1-3,11H2,(H,12,13);1H4/t22-,24+,25+,26-,27+,31+,32-,34-;19-,21+,22+,23-,24+,28+,29-,31-;5-,8+;/m000./s1. The largest absolute Gasteiger partial charge is 0.497 e. The molecule has 4 aromatic rings. The highest BCUT2D eigenvalue weighted by Crippen LogP contribution is 2.59. The lowest BCUT2D eigenvalue weighted by atomic mass is 9.77. The first-order valence-corrected chi connectivity index (χ1v) is 41.6. The summed E-state index contributed by atoms with van der Waals surface area (Å²) in [6.45, 7) is 21.3. The van der Waals surface area contributed by atoms with Crippen LogP contribution in [0.5, 0.6) is 23.3 Å². The molecule has 0 spiro atoms. The minimum Gasteiger partial charge on any atom is -0.497 e. The van der Waals surface area contributed by atoms with Crippen LogP contribution in [0.3, 0.4) is 0 Å². The second kappa shape index (κ2) is 33.4. The minimum atomic E-state index is -3.70. The van der Waals surface area contributed by atoms with Gasteiger partial charge in [-0.05, 0) is 188 Å². The van der Waals surface area contributed by atoms with Gasteiger partial charge in [0.25, 0.3) is 5.91 Å². The van der Waals surface area contributed by atoms with Crippen LogP contribution in [0.2, 0.25) is 0 Å². The molecule has 0 radical (unpaired) electrons. The van der Waals surface area contributed by atoms with Crippen molar-refractivity contribution in [2.24, 2.45) is 81.7 Å². The summed E-state index contributed by atoms with van der Waals surface area (Å²) in [4.78, 5) is 117. The highest BCUT2D eigenvalue weighted by molar-refractivity contribution is 7.91. The zero-order chi connectivity index (χ0) is 79.4. The van der Waals surface area contributed by atoms with Crippen LogP contribution in [0.25, 0.3) is 22.1 Å². The summed E-state index contributed by atoms with van der Waals surface area (Å²) in [6.07, 6.45) is 11.3. The van der Waals surface area contributed by atoms with Gasteiger partial charge in [-0.15, -0.1) is 0 Å². The number of aliphatic carboxylic acids is 1. The van der Waals surface area contributed by atoms with Gasteiger partial charge in [0, 0.05) is 29.9 Å². The first-order valence-electron chi connectivity index (χ1n) is 40.0. The lowest BCUT2D eigenvalue weighted by molar-refractivity contribution is -0.167. The molecule has 28 heteroatoms. The maximum absolute atomic E-state index is 14.7. The van der Waals surface area contributed by atoms with Gasteiger partial charge in [-0.25, -0.2) is 46.7 Å². The SMILES string of the molecule is C.CC[C@@H]1[C@@H]2CN(C(=O)[C@H](C(C)(C)C)CC(=O)O[C@@H]3C[C@@H]4C[C@@H]4[C@H]3CCCCCc3nc4ccc(OC)cc4nc3O2)[C@@H]1C(=O)O.CC[C@@H]1[C@@H]2CN(C(=O)[C@H](C(C)(C)C)CC(=O)O[C@@H]3C[C@@H]4C[C@@H]4[C@H]3CCCCCc3nc4ccc(OC)cc4nc3O2)[C@@H]1C(=O)OC(C)(C)C.N[C@]1(C(=O)NS(=O)(=O)C2CC2)C[C@H]1C(F)F. The number of benzene rings is 2. The number of carbonyl (C=O) groups excluding carboxylic acids is 6. The van der Waals surface area contributed by atoms with E-state index in [0.717, 1.165) is 86.6 Å². The molecule has 2 saturated heterocycles. The van der Waals surface area contributed by atoms with Crippen LogP contribution < -0.4 is 29.4 Å². The maximum atomic E-state index is 14.7. The Hall–Kier alpha value is -7.62. The summed E-state index contributed by atoms with van der Waals surface area (Å²) < 4.78 is 91.6. The molecule has 612 valence electrons. The van der Waals surface area contributed by atoms with E-state index in [2.05, 4.69) is 0 Å². The summed E-state index contributed by atoms with van der Waals surface area (Å²) >= 11 is 0. The summed E-state index contributed by atoms with van der Waals surface area (Å²) in [5.41, 5.74) is 6.08. The van der Waals surface area contributed by atoms with Crippen LogP contribution in [-0.4, -0.2) is 171 Å². The molecule has 4 aliphatic heterocycles. The van der Waals surface area contributed by atoms with E-state index < -0.39 is 109 Å². The summed E-state index contributed by atoms with van der Waals surface area (Å²) in [7, 11) is -0.484. The number of hydrogen-bond donors (Lipinski definition) is 3. The number of esters is 3. The van der Waals surface area contributed by atoms with Gasteiger partial charge in [0.15, 0.2) is 0 Å². The molecule has 6 saturated carbocycles. The molecule has 25 nitrogen and oxygen atoms in total. The van der Waals surface area contributed by atoms with Gasteiger partial charge in [0.1, 0.15) is 70.5 Å². The van der Waals surface area contributed by atoms with Crippen LogP contribution in [0, 0.1) is 75.9 Å². The first kappa shape index (κ1) is 84.3. The molecule has 4 bridgehead atoms. The van der Waals surface area contributed by atoms with Gasteiger partial charge in [0.05, 0.1) is 79.3 Å². The Labute approximate surface area is 651 Å². The Morgan fingerprint density at radius 1 is 0.613 bits per heavy atom. The topological polar surface area (TPSA) is 335 Å². The Morgan fingerprint density at radius 2 is 1.05 bits per heavy atom. The fraction of sp³-hybridized carbons (Fsp3) is 0.723. The monoisotopic (exact) mass is 1570 g/mol. The van der Waals surface area contributed by atoms with Crippen molar-refractivity contribution in [2.75, 3.05) is 27.3 Å². The van der Waals surface area contributed by atoms with Crippen LogP contribution in [-0.2, 0) is 70.6 Å². The van der Waals surface area contributed by atoms with Crippen LogP contribution in [0.1, 0.15) is 217 Å². The summed E-state index contributed by atoms with van der Waals surface area (Å²) in [6, 6.07) is 9.24. The lowest BCUT2D eigenvalue weighted by Crippen LogP contribution is -2.50. The molecule has 2 aromatic heterocycles. The molecule has 6 aliphatic carbocycles. The zero-order valence-electron chi connectivity index (χ0n) is 66.1. The number of halogens is 2. The third kappa shape index (κ3) is 19.1. The number of carboxylic acids is 1. The van der Waals surface area contributed by atoms with Crippen molar-refractivity contribution >= 4 is 73.7 Å². The number of aromatic nitrogens is 4. The number of sulfonamides is 1. The number of nitrogens with one attached hydrogen (secondary N) is 1. The number of rotatable bonds is 10. The quantitative estimate of drug-likeness (QED) is 0.0980. The average Bonchev–Trinajstić information content (AvgIpc) is 1.01. The second-order valence-corrected chi connectivity index (χ2v) is 37.8.